The van der Waals surface area contributed by atoms with Crippen LogP contribution in [0.25, 0.3) is 10.7 Å². The molecule has 0 amide bonds. The smallest absolute Gasteiger partial charge is 0.151 e. The SMILES string of the molecule is c1ccc(-c2nc(CNC3CCCN(c4cccnn4)C3)cs2)nc1. The zero-order valence-corrected chi connectivity index (χ0v) is 14.7. The number of pyridine rings is 1. The summed E-state index contributed by atoms with van der Waals surface area (Å²) in [5.74, 6) is 0.958. The number of piperidine rings is 1. The van der Waals surface area contributed by atoms with Gasteiger partial charge in [0, 0.05) is 43.4 Å². The number of aromatic nitrogens is 4. The molecule has 3 aromatic heterocycles. The summed E-state index contributed by atoms with van der Waals surface area (Å²) in [6.07, 6.45) is 5.85. The topological polar surface area (TPSA) is 66.8 Å². The van der Waals surface area contributed by atoms with Gasteiger partial charge in [0.05, 0.1) is 11.4 Å². The number of hydrogen-bond donors (Lipinski definition) is 1. The highest BCUT2D eigenvalue weighted by Gasteiger charge is 2.20. The molecule has 1 atom stereocenters. The Bertz CT molecular complexity index is 792. The fourth-order valence-corrected chi connectivity index (χ4v) is 3.85. The van der Waals surface area contributed by atoms with Crippen molar-refractivity contribution >= 4 is 17.2 Å². The molecule has 0 spiro atoms. The number of anilines is 1. The summed E-state index contributed by atoms with van der Waals surface area (Å²) in [6, 6.07) is 10.3. The summed E-state index contributed by atoms with van der Waals surface area (Å²) >= 11 is 1.64. The van der Waals surface area contributed by atoms with E-state index in [0.29, 0.717) is 6.04 Å². The number of nitrogens with one attached hydrogen (secondary N) is 1. The molecule has 0 saturated carbocycles. The quantitative estimate of drug-likeness (QED) is 0.762. The molecule has 1 saturated heterocycles. The monoisotopic (exact) mass is 352 g/mol. The Balaban J connectivity index is 1.35. The van der Waals surface area contributed by atoms with Gasteiger partial charge < -0.3 is 10.2 Å². The van der Waals surface area contributed by atoms with Crippen molar-refractivity contribution in [3.8, 4) is 10.7 Å². The number of hydrogen-bond acceptors (Lipinski definition) is 7. The Morgan fingerprint density at radius 1 is 1.20 bits per heavy atom. The van der Waals surface area contributed by atoms with Crippen molar-refractivity contribution in [3.63, 3.8) is 0 Å². The van der Waals surface area contributed by atoms with Crippen LogP contribution in [0.4, 0.5) is 5.82 Å². The molecule has 0 aromatic carbocycles. The molecule has 4 rings (SSSR count). The molecule has 25 heavy (non-hydrogen) atoms. The molecule has 3 aromatic rings. The predicted octanol–water partition coefficient (Wildman–Crippen LogP) is 2.75. The van der Waals surface area contributed by atoms with Crippen LogP contribution in [-0.4, -0.2) is 39.3 Å². The van der Waals surface area contributed by atoms with Crippen LogP contribution < -0.4 is 10.2 Å². The van der Waals surface area contributed by atoms with Gasteiger partial charge in [-0.25, -0.2) is 4.98 Å². The molecule has 1 fully saturated rings. The molecular weight excluding hydrogens is 332 g/mol. The van der Waals surface area contributed by atoms with Gasteiger partial charge >= 0.3 is 0 Å². The molecular formula is C18H20N6S. The normalized spacial score (nSPS) is 17.6. The van der Waals surface area contributed by atoms with Crippen LogP contribution in [0.15, 0.2) is 48.1 Å². The van der Waals surface area contributed by atoms with Crippen LogP contribution in [-0.2, 0) is 6.54 Å². The number of rotatable bonds is 5. The molecule has 4 heterocycles. The summed E-state index contributed by atoms with van der Waals surface area (Å²) in [5.41, 5.74) is 2.01. The van der Waals surface area contributed by atoms with E-state index in [1.54, 1.807) is 23.7 Å². The lowest BCUT2D eigenvalue weighted by atomic mass is 10.1. The first-order valence-electron chi connectivity index (χ1n) is 8.50. The summed E-state index contributed by atoms with van der Waals surface area (Å²) in [5, 5.41) is 14.9. The highest BCUT2D eigenvalue weighted by molar-refractivity contribution is 7.13. The molecule has 7 heteroatoms. The minimum atomic E-state index is 0.441. The summed E-state index contributed by atoms with van der Waals surface area (Å²) in [6.45, 7) is 2.77. The van der Waals surface area contributed by atoms with Crippen LogP contribution in [0.3, 0.4) is 0 Å². The molecule has 6 nitrogen and oxygen atoms in total. The minimum absolute atomic E-state index is 0.441. The van der Waals surface area contributed by atoms with Crippen molar-refractivity contribution in [1.82, 2.24) is 25.5 Å². The average Bonchev–Trinajstić information content (AvgIpc) is 3.17. The maximum absolute atomic E-state index is 4.70. The Hall–Kier alpha value is -2.38. The minimum Gasteiger partial charge on any atom is -0.354 e. The van der Waals surface area contributed by atoms with Crippen LogP contribution in [0.2, 0.25) is 0 Å². The van der Waals surface area contributed by atoms with Gasteiger partial charge in [-0.1, -0.05) is 6.07 Å². The first-order valence-corrected chi connectivity index (χ1v) is 9.38. The van der Waals surface area contributed by atoms with Crippen molar-refractivity contribution in [3.05, 3.63) is 53.8 Å². The third kappa shape index (κ3) is 4.00. The fourth-order valence-electron chi connectivity index (χ4n) is 3.06. The second-order valence-corrected chi connectivity index (χ2v) is 6.97. The second kappa shape index (κ2) is 7.67. The standard InChI is InChI=1S/C18H20N6S/c1-2-8-19-16(6-1)18-22-15(13-25-18)11-20-14-5-4-10-24(12-14)17-7-3-9-21-23-17/h1-3,6-9,13-14,20H,4-5,10-12H2. The molecule has 0 aliphatic carbocycles. The molecule has 0 bridgehead atoms. The van der Waals surface area contributed by atoms with Crippen molar-refractivity contribution in [2.45, 2.75) is 25.4 Å². The van der Waals surface area contributed by atoms with Crippen LogP contribution in [0, 0.1) is 0 Å². The Morgan fingerprint density at radius 3 is 3.04 bits per heavy atom. The van der Waals surface area contributed by atoms with Gasteiger partial charge in [0.15, 0.2) is 5.82 Å². The van der Waals surface area contributed by atoms with E-state index in [4.69, 9.17) is 4.98 Å². The van der Waals surface area contributed by atoms with E-state index in [1.165, 1.54) is 6.42 Å². The fraction of sp³-hybridized carbons (Fsp3) is 0.333. The highest BCUT2D eigenvalue weighted by atomic mass is 32.1. The molecule has 128 valence electrons. The Morgan fingerprint density at radius 2 is 2.20 bits per heavy atom. The number of nitrogens with zero attached hydrogens (tertiary/aromatic N) is 5. The van der Waals surface area contributed by atoms with E-state index in [2.05, 4.69) is 30.8 Å². The average molecular weight is 352 g/mol. The lowest BCUT2D eigenvalue weighted by Crippen LogP contribution is -2.45. The van der Waals surface area contributed by atoms with Gasteiger partial charge in [-0.3, -0.25) is 4.98 Å². The van der Waals surface area contributed by atoms with E-state index in [-0.39, 0.29) is 0 Å². The zero-order valence-electron chi connectivity index (χ0n) is 13.9. The molecule has 0 radical (unpaired) electrons. The number of thiazole rings is 1. The third-order valence-electron chi connectivity index (χ3n) is 4.31. The lowest BCUT2D eigenvalue weighted by molar-refractivity contribution is 0.418. The lowest BCUT2D eigenvalue weighted by Gasteiger charge is -2.33. The Kier molecular flexibility index (Phi) is 4.94. The highest BCUT2D eigenvalue weighted by Crippen LogP contribution is 2.22. The summed E-state index contributed by atoms with van der Waals surface area (Å²) in [4.78, 5) is 11.4. The van der Waals surface area contributed by atoms with Crippen molar-refractivity contribution in [1.29, 1.82) is 0 Å². The van der Waals surface area contributed by atoms with Gasteiger partial charge in [0.1, 0.15) is 5.01 Å². The van der Waals surface area contributed by atoms with Gasteiger partial charge in [0.2, 0.25) is 0 Å². The van der Waals surface area contributed by atoms with Crippen molar-refractivity contribution < 1.29 is 0 Å². The van der Waals surface area contributed by atoms with Crippen molar-refractivity contribution in [2.24, 2.45) is 0 Å². The van der Waals surface area contributed by atoms with E-state index >= 15 is 0 Å². The van der Waals surface area contributed by atoms with E-state index in [1.807, 2.05) is 30.3 Å². The third-order valence-corrected chi connectivity index (χ3v) is 5.22. The second-order valence-electron chi connectivity index (χ2n) is 6.11. The Labute approximate surface area is 151 Å². The zero-order chi connectivity index (χ0) is 16.9. The van der Waals surface area contributed by atoms with Crippen LogP contribution in [0.5, 0.6) is 0 Å². The predicted molar refractivity (Wildman–Crippen MR) is 99.5 cm³/mol. The largest absolute Gasteiger partial charge is 0.354 e. The van der Waals surface area contributed by atoms with Gasteiger partial charge in [0.25, 0.3) is 0 Å². The van der Waals surface area contributed by atoms with Crippen LogP contribution in [0.1, 0.15) is 18.5 Å². The molecule has 1 aliphatic heterocycles. The first-order chi connectivity index (χ1) is 12.4. The maximum atomic E-state index is 4.70. The summed E-state index contributed by atoms with van der Waals surface area (Å²) in [7, 11) is 0. The van der Waals surface area contributed by atoms with E-state index in [0.717, 1.165) is 48.3 Å². The first kappa shape index (κ1) is 16.1. The van der Waals surface area contributed by atoms with Gasteiger partial charge in [-0.05, 0) is 37.1 Å². The molecule has 1 aliphatic rings. The van der Waals surface area contributed by atoms with Crippen molar-refractivity contribution in [2.75, 3.05) is 18.0 Å². The van der Waals surface area contributed by atoms with Crippen LogP contribution >= 0.6 is 11.3 Å². The molecule has 1 N–H and O–H groups in total. The molecule has 1 unspecified atom stereocenters. The van der Waals surface area contributed by atoms with E-state index in [9.17, 15) is 0 Å². The summed E-state index contributed by atoms with van der Waals surface area (Å²) < 4.78 is 0. The van der Waals surface area contributed by atoms with Gasteiger partial charge in [-0.2, -0.15) is 5.10 Å². The van der Waals surface area contributed by atoms with E-state index < -0.39 is 0 Å². The maximum Gasteiger partial charge on any atom is 0.151 e. The van der Waals surface area contributed by atoms with Gasteiger partial charge in [-0.15, -0.1) is 16.4 Å².